The van der Waals surface area contributed by atoms with Gasteiger partial charge in [-0.05, 0) is 25.7 Å². The van der Waals surface area contributed by atoms with Crippen LogP contribution in [-0.4, -0.2) is 37.9 Å². The van der Waals surface area contributed by atoms with Gasteiger partial charge in [-0.25, -0.2) is 0 Å². The molecule has 1 saturated heterocycles. The number of esters is 2. The van der Waals surface area contributed by atoms with Gasteiger partial charge in [0.05, 0.1) is 12.7 Å². The highest BCUT2D eigenvalue weighted by Gasteiger charge is 2.17. The third-order valence-electron chi connectivity index (χ3n) is 5.98. The van der Waals surface area contributed by atoms with Crippen molar-refractivity contribution in [1.29, 1.82) is 0 Å². The molecule has 0 amide bonds. The molecule has 0 saturated carbocycles. The first kappa shape index (κ1) is 27.9. The molecule has 0 aromatic rings. The first-order valence-corrected chi connectivity index (χ1v) is 13.1. The van der Waals surface area contributed by atoms with E-state index in [1.54, 1.807) is 0 Å². The zero-order chi connectivity index (χ0) is 22.4. The average Bonchev–Trinajstić information content (AvgIpc) is 3.29. The van der Waals surface area contributed by atoms with E-state index in [4.69, 9.17) is 14.2 Å². The molecule has 31 heavy (non-hydrogen) atoms. The maximum Gasteiger partial charge on any atom is 0.305 e. The first-order valence-electron chi connectivity index (χ1n) is 13.1. The van der Waals surface area contributed by atoms with Crippen molar-refractivity contribution in [3.05, 3.63) is 0 Å². The molecule has 0 aromatic carbocycles. The maximum absolute atomic E-state index is 11.7. The smallest absolute Gasteiger partial charge is 0.305 e. The van der Waals surface area contributed by atoms with Crippen LogP contribution in [0, 0.1) is 0 Å². The average molecular weight is 441 g/mol. The molecule has 5 heteroatoms. The van der Waals surface area contributed by atoms with Crippen LogP contribution in [0.3, 0.4) is 0 Å². The minimum absolute atomic E-state index is 0.0546. The van der Waals surface area contributed by atoms with Crippen LogP contribution in [0.15, 0.2) is 0 Å². The fourth-order valence-electron chi connectivity index (χ4n) is 3.97. The van der Waals surface area contributed by atoms with Gasteiger partial charge in [-0.2, -0.15) is 0 Å². The zero-order valence-electron chi connectivity index (χ0n) is 20.2. The Kier molecular flexibility index (Phi) is 18.7. The third-order valence-corrected chi connectivity index (χ3v) is 5.98. The van der Waals surface area contributed by atoms with E-state index >= 15 is 0 Å². The lowest BCUT2D eigenvalue weighted by molar-refractivity contribution is -0.147. The maximum atomic E-state index is 11.7. The van der Waals surface area contributed by atoms with Crippen molar-refractivity contribution in [3.8, 4) is 0 Å². The summed E-state index contributed by atoms with van der Waals surface area (Å²) >= 11 is 0. The summed E-state index contributed by atoms with van der Waals surface area (Å²) in [5, 5.41) is 0. The Bertz CT molecular complexity index is 432. The molecular formula is C26H48O5. The zero-order valence-corrected chi connectivity index (χ0v) is 20.2. The van der Waals surface area contributed by atoms with E-state index in [0.717, 1.165) is 32.3 Å². The van der Waals surface area contributed by atoms with Gasteiger partial charge in [0.1, 0.15) is 6.61 Å². The highest BCUT2D eigenvalue weighted by molar-refractivity contribution is 5.72. The van der Waals surface area contributed by atoms with E-state index in [1.807, 2.05) is 0 Å². The Labute approximate surface area is 191 Å². The van der Waals surface area contributed by atoms with E-state index in [9.17, 15) is 9.59 Å². The normalized spacial score (nSPS) is 15.8. The predicted octanol–water partition coefficient (Wildman–Crippen LogP) is 6.90. The van der Waals surface area contributed by atoms with E-state index in [0.29, 0.717) is 19.6 Å². The van der Waals surface area contributed by atoms with Crippen LogP contribution in [0.25, 0.3) is 0 Å². The molecule has 0 bridgehead atoms. The Morgan fingerprint density at radius 3 is 1.74 bits per heavy atom. The Morgan fingerprint density at radius 2 is 1.23 bits per heavy atom. The fourth-order valence-corrected chi connectivity index (χ4v) is 3.97. The summed E-state index contributed by atoms with van der Waals surface area (Å²) in [5.41, 5.74) is 0. The SMILES string of the molecule is CCCCCCCCCCCCCCCCOC(=O)CCCC(=O)OCC1CCCO1. The first-order chi connectivity index (χ1) is 15.2. The molecule has 1 fully saturated rings. The lowest BCUT2D eigenvalue weighted by Crippen LogP contribution is -2.17. The van der Waals surface area contributed by atoms with Crippen molar-refractivity contribution in [2.24, 2.45) is 0 Å². The number of ether oxygens (including phenoxy) is 3. The van der Waals surface area contributed by atoms with Gasteiger partial charge in [0.25, 0.3) is 0 Å². The van der Waals surface area contributed by atoms with Gasteiger partial charge >= 0.3 is 11.9 Å². The van der Waals surface area contributed by atoms with Gasteiger partial charge < -0.3 is 14.2 Å². The van der Waals surface area contributed by atoms with E-state index in [1.165, 1.54) is 77.0 Å². The number of hydrogen-bond donors (Lipinski definition) is 0. The summed E-state index contributed by atoms with van der Waals surface area (Å²) in [4.78, 5) is 23.4. The molecule has 1 aliphatic rings. The standard InChI is InChI=1S/C26H48O5/c1-2-3-4-5-6-7-8-9-10-11-12-13-14-15-21-30-25(27)19-16-20-26(28)31-23-24-18-17-22-29-24/h24H,2-23H2,1H3. The molecule has 0 radical (unpaired) electrons. The van der Waals surface area contributed by atoms with Crippen LogP contribution in [0.1, 0.15) is 129 Å². The molecule has 1 heterocycles. The van der Waals surface area contributed by atoms with E-state index in [2.05, 4.69) is 6.92 Å². The molecule has 0 aliphatic carbocycles. The third kappa shape index (κ3) is 18.2. The number of rotatable bonds is 21. The lowest BCUT2D eigenvalue weighted by Gasteiger charge is -2.10. The Morgan fingerprint density at radius 1 is 0.710 bits per heavy atom. The van der Waals surface area contributed by atoms with Crippen LogP contribution in [-0.2, 0) is 23.8 Å². The highest BCUT2D eigenvalue weighted by Crippen LogP contribution is 2.14. The van der Waals surface area contributed by atoms with Crippen LogP contribution in [0.4, 0.5) is 0 Å². The molecule has 0 aromatic heterocycles. The summed E-state index contributed by atoms with van der Waals surface area (Å²) in [7, 11) is 0. The van der Waals surface area contributed by atoms with Gasteiger partial charge in [-0.3, -0.25) is 9.59 Å². The Hall–Kier alpha value is -1.10. The van der Waals surface area contributed by atoms with Crippen molar-refractivity contribution in [1.82, 2.24) is 0 Å². The summed E-state index contributed by atoms with van der Waals surface area (Å²) in [6, 6.07) is 0. The van der Waals surface area contributed by atoms with Crippen molar-refractivity contribution in [2.75, 3.05) is 19.8 Å². The van der Waals surface area contributed by atoms with Crippen molar-refractivity contribution >= 4 is 11.9 Å². The summed E-state index contributed by atoms with van der Waals surface area (Å²) < 4.78 is 15.9. The molecule has 5 nitrogen and oxygen atoms in total. The molecule has 1 atom stereocenters. The van der Waals surface area contributed by atoms with Gasteiger partial charge in [-0.1, -0.05) is 90.4 Å². The van der Waals surface area contributed by atoms with E-state index < -0.39 is 0 Å². The predicted molar refractivity (Wildman–Crippen MR) is 125 cm³/mol. The van der Waals surface area contributed by atoms with Gasteiger partial charge in [-0.15, -0.1) is 0 Å². The molecule has 1 rings (SSSR count). The Balaban J connectivity index is 1.75. The summed E-state index contributed by atoms with van der Waals surface area (Å²) in [6.45, 7) is 3.86. The van der Waals surface area contributed by atoms with Crippen LogP contribution < -0.4 is 0 Å². The fraction of sp³-hybridized carbons (Fsp3) is 0.923. The minimum Gasteiger partial charge on any atom is -0.466 e. The van der Waals surface area contributed by atoms with Crippen LogP contribution >= 0.6 is 0 Å². The van der Waals surface area contributed by atoms with Crippen molar-refractivity contribution in [2.45, 2.75) is 135 Å². The van der Waals surface area contributed by atoms with Crippen LogP contribution in [0.5, 0.6) is 0 Å². The lowest BCUT2D eigenvalue weighted by atomic mass is 10.0. The van der Waals surface area contributed by atoms with Gasteiger partial charge in [0.2, 0.25) is 0 Å². The molecule has 0 N–H and O–H groups in total. The minimum atomic E-state index is -0.254. The van der Waals surface area contributed by atoms with Gasteiger partial charge in [0.15, 0.2) is 0 Å². The number of hydrogen-bond acceptors (Lipinski definition) is 5. The summed E-state index contributed by atoms with van der Waals surface area (Å²) in [5.74, 6) is -0.461. The van der Waals surface area contributed by atoms with Crippen molar-refractivity contribution in [3.63, 3.8) is 0 Å². The largest absolute Gasteiger partial charge is 0.466 e. The second-order valence-corrected chi connectivity index (χ2v) is 8.99. The van der Waals surface area contributed by atoms with Crippen molar-refractivity contribution < 1.29 is 23.8 Å². The summed E-state index contributed by atoms with van der Waals surface area (Å²) in [6.07, 6.45) is 21.5. The number of unbranched alkanes of at least 4 members (excludes halogenated alkanes) is 13. The van der Waals surface area contributed by atoms with Gasteiger partial charge in [0, 0.05) is 19.4 Å². The number of carbonyl (C=O) groups excluding carboxylic acids is 2. The second kappa shape index (κ2) is 20.8. The number of carbonyl (C=O) groups is 2. The van der Waals surface area contributed by atoms with Crippen LogP contribution in [0.2, 0.25) is 0 Å². The van der Waals surface area contributed by atoms with E-state index in [-0.39, 0.29) is 30.9 Å². The topological polar surface area (TPSA) is 61.8 Å². The molecule has 1 unspecified atom stereocenters. The monoisotopic (exact) mass is 440 g/mol. The second-order valence-electron chi connectivity index (χ2n) is 8.99. The molecule has 1 aliphatic heterocycles. The highest BCUT2D eigenvalue weighted by atomic mass is 16.6. The molecule has 0 spiro atoms. The molecule has 182 valence electrons. The quantitative estimate of drug-likeness (QED) is 0.143. The molecular weight excluding hydrogens is 392 g/mol.